The predicted molar refractivity (Wildman–Crippen MR) is 46.8 cm³/mol. The zero-order valence-corrected chi connectivity index (χ0v) is 7.49. The molecule has 0 aromatic carbocycles. The number of hydrogen-bond acceptors (Lipinski definition) is 3. The van der Waals surface area contributed by atoms with Crippen molar-refractivity contribution in [2.75, 3.05) is 13.1 Å². The van der Waals surface area contributed by atoms with Gasteiger partial charge in [0.25, 0.3) is 0 Å². The number of hydrogen-bond donors (Lipinski definition) is 1. The highest BCUT2D eigenvalue weighted by atomic mass is 16.6. The third kappa shape index (κ3) is 3.40. The van der Waals surface area contributed by atoms with Crippen molar-refractivity contribution < 1.29 is 9.72 Å². The third-order valence-corrected chi connectivity index (χ3v) is 2.31. The third-order valence-electron chi connectivity index (χ3n) is 2.31. The molecule has 1 N–H and O–H groups in total. The number of rotatable bonds is 3. The van der Waals surface area contributed by atoms with E-state index in [-0.39, 0.29) is 23.3 Å². The molecule has 0 aliphatic carbocycles. The van der Waals surface area contributed by atoms with E-state index in [0.29, 0.717) is 13.0 Å². The van der Waals surface area contributed by atoms with Gasteiger partial charge in [-0.2, -0.15) is 0 Å². The Balaban J connectivity index is 2.36. The number of nitrogens with one attached hydrogen (secondary N) is 1. The van der Waals surface area contributed by atoms with Gasteiger partial charge >= 0.3 is 0 Å². The van der Waals surface area contributed by atoms with Gasteiger partial charge in [-0.25, -0.2) is 0 Å². The molecule has 0 spiro atoms. The molecule has 1 heterocycles. The van der Waals surface area contributed by atoms with Gasteiger partial charge in [-0.3, -0.25) is 14.9 Å². The molecule has 0 aromatic heterocycles. The highest BCUT2D eigenvalue weighted by Gasteiger charge is 2.21. The molecule has 1 fully saturated rings. The molecule has 0 bridgehead atoms. The molecular formula is C8H14N2O3. The normalized spacial score (nSPS) is 23.4. The maximum atomic E-state index is 11.3. The molecule has 1 saturated heterocycles. The lowest BCUT2D eigenvalue weighted by molar-refractivity contribution is -0.481. The van der Waals surface area contributed by atoms with Crippen molar-refractivity contribution in [1.82, 2.24) is 5.32 Å². The highest BCUT2D eigenvalue weighted by molar-refractivity contribution is 5.78. The van der Waals surface area contributed by atoms with Crippen LogP contribution in [0.25, 0.3) is 0 Å². The van der Waals surface area contributed by atoms with Gasteiger partial charge in [-0.1, -0.05) is 6.42 Å². The Morgan fingerprint density at radius 1 is 1.54 bits per heavy atom. The summed E-state index contributed by atoms with van der Waals surface area (Å²) in [6, 6.07) is 0. The molecule has 1 unspecified atom stereocenters. The molecule has 1 aliphatic heterocycles. The minimum absolute atomic E-state index is 0.0145. The van der Waals surface area contributed by atoms with Crippen molar-refractivity contribution in [2.45, 2.75) is 25.7 Å². The fraction of sp³-hybridized carbons (Fsp3) is 0.875. The van der Waals surface area contributed by atoms with Gasteiger partial charge in [0.15, 0.2) is 0 Å². The predicted octanol–water partition coefficient (Wildman–Crippen LogP) is 0.569. The van der Waals surface area contributed by atoms with Gasteiger partial charge in [0.2, 0.25) is 12.5 Å². The van der Waals surface area contributed by atoms with E-state index in [2.05, 4.69) is 5.32 Å². The summed E-state index contributed by atoms with van der Waals surface area (Å²) in [5.74, 6) is -0.160. The number of amides is 1. The molecule has 1 amide bonds. The second-order valence-corrected chi connectivity index (χ2v) is 3.33. The average Bonchev–Trinajstić information content (AvgIpc) is 2.27. The smallest absolute Gasteiger partial charge is 0.223 e. The second-order valence-electron chi connectivity index (χ2n) is 3.33. The lowest BCUT2D eigenvalue weighted by atomic mass is 9.99. The van der Waals surface area contributed by atoms with E-state index in [4.69, 9.17) is 0 Å². The van der Waals surface area contributed by atoms with Crippen LogP contribution >= 0.6 is 0 Å². The quantitative estimate of drug-likeness (QED) is 0.517. The molecule has 0 saturated carbocycles. The van der Waals surface area contributed by atoms with Crippen molar-refractivity contribution in [1.29, 1.82) is 0 Å². The van der Waals surface area contributed by atoms with Crippen molar-refractivity contribution in [2.24, 2.45) is 5.92 Å². The van der Waals surface area contributed by atoms with Gasteiger partial charge in [0.1, 0.15) is 0 Å². The number of carbonyl (C=O) groups is 1. The number of carbonyl (C=O) groups excluding carboxylic acids is 1. The van der Waals surface area contributed by atoms with Gasteiger partial charge in [0.05, 0.1) is 0 Å². The monoisotopic (exact) mass is 186 g/mol. The molecule has 5 nitrogen and oxygen atoms in total. The van der Waals surface area contributed by atoms with Gasteiger partial charge in [-0.05, 0) is 12.8 Å². The zero-order chi connectivity index (χ0) is 9.68. The molecule has 0 aromatic rings. The maximum Gasteiger partial charge on any atom is 0.223 e. The molecular weight excluding hydrogens is 172 g/mol. The lowest BCUT2D eigenvalue weighted by Crippen LogP contribution is -2.29. The molecule has 5 heteroatoms. The standard InChI is InChI=1S/C8H14N2O3/c11-8-7(4-6-10(12)13)3-1-2-5-9-8/h7H,1-6H2,(H,9,11). The van der Waals surface area contributed by atoms with Gasteiger partial charge in [0, 0.05) is 23.8 Å². The summed E-state index contributed by atoms with van der Waals surface area (Å²) in [5.41, 5.74) is 0. The summed E-state index contributed by atoms with van der Waals surface area (Å²) in [5, 5.41) is 12.9. The van der Waals surface area contributed by atoms with Crippen molar-refractivity contribution in [3.05, 3.63) is 10.1 Å². The van der Waals surface area contributed by atoms with E-state index in [0.717, 1.165) is 19.3 Å². The molecule has 0 radical (unpaired) electrons. The van der Waals surface area contributed by atoms with E-state index in [1.54, 1.807) is 0 Å². The Bertz CT molecular complexity index is 206. The van der Waals surface area contributed by atoms with Crippen LogP contribution in [-0.4, -0.2) is 23.9 Å². The summed E-state index contributed by atoms with van der Waals surface area (Å²) < 4.78 is 0. The van der Waals surface area contributed by atoms with Crippen LogP contribution in [0.15, 0.2) is 0 Å². The summed E-state index contributed by atoms with van der Waals surface area (Å²) in [6.45, 7) is 0.617. The SMILES string of the molecule is O=C1NCCCCC1CC[N+](=O)[O-]. The Kier molecular flexibility index (Phi) is 3.67. The molecule has 74 valence electrons. The summed E-state index contributed by atoms with van der Waals surface area (Å²) in [4.78, 5) is 21.0. The molecule has 1 aliphatic rings. The highest BCUT2D eigenvalue weighted by Crippen LogP contribution is 2.15. The van der Waals surface area contributed by atoms with Gasteiger partial charge in [-0.15, -0.1) is 0 Å². The largest absolute Gasteiger partial charge is 0.356 e. The first kappa shape index (κ1) is 9.95. The van der Waals surface area contributed by atoms with Gasteiger partial charge < -0.3 is 5.32 Å². The Labute approximate surface area is 76.7 Å². The topological polar surface area (TPSA) is 72.2 Å². The second kappa shape index (κ2) is 4.79. The van der Waals surface area contributed by atoms with Crippen LogP contribution in [0.1, 0.15) is 25.7 Å². The Hall–Kier alpha value is -1.13. The van der Waals surface area contributed by atoms with E-state index < -0.39 is 0 Å². The summed E-state index contributed by atoms with van der Waals surface area (Å²) in [7, 11) is 0. The van der Waals surface area contributed by atoms with Crippen molar-refractivity contribution in [3.63, 3.8) is 0 Å². The lowest BCUT2D eigenvalue weighted by Gasteiger charge is -2.09. The zero-order valence-electron chi connectivity index (χ0n) is 7.49. The van der Waals surface area contributed by atoms with E-state index >= 15 is 0 Å². The van der Waals surface area contributed by atoms with E-state index in [1.165, 1.54) is 0 Å². The van der Waals surface area contributed by atoms with Crippen LogP contribution in [-0.2, 0) is 4.79 Å². The minimum atomic E-state index is -0.363. The first-order valence-electron chi connectivity index (χ1n) is 4.59. The molecule has 1 atom stereocenters. The number of nitro groups is 1. The first-order valence-corrected chi connectivity index (χ1v) is 4.59. The minimum Gasteiger partial charge on any atom is -0.356 e. The summed E-state index contributed by atoms with van der Waals surface area (Å²) >= 11 is 0. The molecule has 13 heavy (non-hydrogen) atoms. The Morgan fingerprint density at radius 3 is 3.00 bits per heavy atom. The molecule has 1 rings (SSSR count). The van der Waals surface area contributed by atoms with Crippen molar-refractivity contribution >= 4 is 5.91 Å². The van der Waals surface area contributed by atoms with Crippen LogP contribution in [0.2, 0.25) is 0 Å². The van der Waals surface area contributed by atoms with Crippen LogP contribution < -0.4 is 5.32 Å². The fourth-order valence-electron chi connectivity index (χ4n) is 1.54. The van der Waals surface area contributed by atoms with E-state index in [9.17, 15) is 14.9 Å². The summed E-state index contributed by atoms with van der Waals surface area (Å²) in [6.07, 6.45) is 3.14. The van der Waals surface area contributed by atoms with Crippen LogP contribution in [0.5, 0.6) is 0 Å². The van der Waals surface area contributed by atoms with Crippen LogP contribution in [0.3, 0.4) is 0 Å². The fourth-order valence-corrected chi connectivity index (χ4v) is 1.54. The van der Waals surface area contributed by atoms with Crippen molar-refractivity contribution in [3.8, 4) is 0 Å². The number of nitrogens with zero attached hydrogens (tertiary/aromatic N) is 1. The average molecular weight is 186 g/mol. The maximum absolute atomic E-state index is 11.3. The van der Waals surface area contributed by atoms with Crippen LogP contribution in [0.4, 0.5) is 0 Å². The Morgan fingerprint density at radius 2 is 2.31 bits per heavy atom. The van der Waals surface area contributed by atoms with Crippen LogP contribution in [0, 0.1) is 16.0 Å². The first-order chi connectivity index (χ1) is 6.20. The van der Waals surface area contributed by atoms with E-state index in [1.807, 2.05) is 0 Å².